The number of nitriles is 1. The zero-order valence-electron chi connectivity index (χ0n) is 12.1. The maximum absolute atomic E-state index is 13.4. The van der Waals surface area contributed by atoms with Crippen LogP contribution in [0.4, 0.5) is 19.0 Å². The molecule has 3 rings (SSSR count). The van der Waals surface area contributed by atoms with Gasteiger partial charge in [-0.1, -0.05) is 12.1 Å². The van der Waals surface area contributed by atoms with Crippen LogP contribution in [-0.4, -0.2) is 23.1 Å². The number of hydrogen-bond acceptors (Lipinski definition) is 4. The Kier molecular flexibility index (Phi) is 3.64. The first-order valence-electron chi connectivity index (χ1n) is 6.89. The molecule has 0 saturated carbocycles. The maximum Gasteiger partial charge on any atom is 0.410 e. The van der Waals surface area contributed by atoms with Crippen molar-refractivity contribution in [3.8, 4) is 11.8 Å². The van der Waals surface area contributed by atoms with Gasteiger partial charge >= 0.3 is 6.18 Å². The molecule has 1 aromatic heterocycles. The number of alkyl halides is 3. The van der Waals surface area contributed by atoms with Crippen LogP contribution in [0.25, 0.3) is 0 Å². The van der Waals surface area contributed by atoms with Crippen LogP contribution in [0.2, 0.25) is 0 Å². The summed E-state index contributed by atoms with van der Waals surface area (Å²) in [6.45, 7) is 0. The lowest BCUT2D eigenvalue weighted by Gasteiger charge is -2.33. The van der Waals surface area contributed by atoms with Crippen molar-refractivity contribution in [1.29, 1.82) is 5.26 Å². The van der Waals surface area contributed by atoms with Crippen molar-refractivity contribution in [2.75, 3.05) is 12.4 Å². The van der Waals surface area contributed by atoms with Gasteiger partial charge in [0.25, 0.3) is 0 Å². The molecule has 2 atom stereocenters. The summed E-state index contributed by atoms with van der Waals surface area (Å²) in [5, 5.41) is 15.8. The third-order valence-electron chi connectivity index (χ3n) is 3.86. The lowest BCUT2D eigenvalue weighted by atomic mass is 9.96. The highest BCUT2D eigenvalue weighted by Crippen LogP contribution is 2.44. The average molecular weight is 322 g/mol. The molecular formula is C15H13F3N4O. The molecule has 8 heteroatoms. The molecule has 0 saturated heterocycles. The standard InChI is InChI=1S/C15H13F3N4O/c1-23-11-4-2-3-9(5-11)12-6-13(15(16,17)18)22-14(21-12)10(7-19)8-20-22/h2-5,8,12-13,21H,6H2,1H3/t12-,13+/m0/s1. The zero-order chi connectivity index (χ0) is 16.6. The Morgan fingerprint density at radius 2 is 2.22 bits per heavy atom. The number of rotatable bonds is 2. The molecular weight excluding hydrogens is 309 g/mol. The SMILES string of the molecule is COc1cccc([C@@H]2C[C@H](C(F)(F)F)n3ncc(C#N)c3N2)c1. The number of halogens is 3. The third-order valence-corrected chi connectivity index (χ3v) is 3.86. The highest BCUT2D eigenvalue weighted by atomic mass is 19.4. The van der Waals surface area contributed by atoms with Crippen LogP contribution in [0.3, 0.4) is 0 Å². The van der Waals surface area contributed by atoms with Gasteiger partial charge in [-0.3, -0.25) is 0 Å². The first kappa shape index (κ1) is 15.2. The van der Waals surface area contributed by atoms with Gasteiger partial charge in [0.05, 0.1) is 19.3 Å². The van der Waals surface area contributed by atoms with Crippen LogP contribution in [0.1, 0.15) is 29.6 Å². The summed E-state index contributed by atoms with van der Waals surface area (Å²) in [5.41, 5.74) is 0.752. The van der Waals surface area contributed by atoms with Gasteiger partial charge in [0.1, 0.15) is 23.2 Å². The lowest BCUT2D eigenvalue weighted by molar-refractivity contribution is -0.173. The molecule has 2 heterocycles. The van der Waals surface area contributed by atoms with E-state index < -0.39 is 18.3 Å². The van der Waals surface area contributed by atoms with Crippen LogP contribution < -0.4 is 10.1 Å². The van der Waals surface area contributed by atoms with Crippen molar-refractivity contribution in [1.82, 2.24) is 9.78 Å². The summed E-state index contributed by atoms with van der Waals surface area (Å²) in [5.74, 6) is 0.654. The first-order valence-corrected chi connectivity index (χ1v) is 6.89. The second-order valence-electron chi connectivity index (χ2n) is 5.23. The number of ether oxygens (including phenoxy) is 1. The highest BCUT2D eigenvalue weighted by Gasteiger charge is 2.46. The Morgan fingerprint density at radius 1 is 1.43 bits per heavy atom. The topological polar surface area (TPSA) is 62.9 Å². The molecule has 0 bridgehead atoms. The third kappa shape index (κ3) is 2.70. The first-order chi connectivity index (χ1) is 10.9. The van der Waals surface area contributed by atoms with Gasteiger partial charge in [-0.2, -0.15) is 23.5 Å². The molecule has 0 radical (unpaired) electrons. The molecule has 23 heavy (non-hydrogen) atoms. The number of nitrogens with zero attached hydrogens (tertiary/aromatic N) is 3. The average Bonchev–Trinajstić information content (AvgIpc) is 2.96. The van der Waals surface area contributed by atoms with E-state index in [0.29, 0.717) is 11.3 Å². The molecule has 0 fully saturated rings. The zero-order valence-corrected chi connectivity index (χ0v) is 12.1. The molecule has 0 unspecified atom stereocenters. The Hall–Kier alpha value is -2.69. The molecule has 1 aliphatic heterocycles. The van der Waals surface area contributed by atoms with E-state index in [9.17, 15) is 13.2 Å². The fraction of sp³-hybridized carbons (Fsp3) is 0.333. The molecule has 0 aliphatic carbocycles. The van der Waals surface area contributed by atoms with E-state index in [4.69, 9.17) is 10.00 Å². The quantitative estimate of drug-likeness (QED) is 0.920. The molecule has 0 spiro atoms. The van der Waals surface area contributed by atoms with Crippen molar-refractivity contribution in [3.05, 3.63) is 41.6 Å². The summed E-state index contributed by atoms with van der Waals surface area (Å²) in [6.07, 6.45) is -3.52. The number of nitrogens with one attached hydrogen (secondary N) is 1. The van der Waals surface area contributed by atoms with Crippen molar-refractivity contribution in [2.24, 2.45) is 0 Å². The van der Waals surface area contributed by atoms with Crippen LogP contribution >= 0.6 is 0 Å². The largest absolute Gasteiger partial charge is 0.497 e. The predicted molar refractivity (Wildman–Crippen MR) is 76.0 cm³/mol. The second-order valence-corrected chi connectivity index (χ2v) is 5.23. The minimum atomic E-state index is -4.45. The normalized spacial score (nSPS) is 20.3. The lowest BCUT2D eigenvalue weighted by Crippen LogP contribution is -2.35. The number of aromatic nitrogens is 2. The maximum atomic E-state index is 13.4. The van der Waals surface area contributed by atoms with E-state index in [1.165, 1.54) is 7.11 Å². The van der Waals surface area contributed by atoms with Gasteiger partial charge in [-0.05, 0) is 17.7 Å². The molecule has 5 nitrogen and oxygen atoms in total. The second kappa shape index (κ2) is 5.50. The monoisotopic (exact) mass is 322 g/mol. The van der Waals surface area contributed by atoms with E-state index in [2.05, 4.69) is 10.4 Å². The smallest absolute Gasteiger partial charge is 0.410 e. The van der Waals surface area contributed by atoms with Crippen LogP contribution in [0.15, 0.2) is 30.5 Å². The number of anilines is 1. The number of methoxy groups -OCH3 is 1. The van der Waals surface area contributed by atoms with E-state index in [0.717, 1.165) is 10.9 Å². The number of hydrogen-bond donors (Lipinski definition) is 1. The molecule has 1 N–H and O–H groups in total. The van der Waals surface area contributed by atoms with E-state index in [1.807, 2.05) is 6.07 Å². The molecule has 1 aromatic carbocycles. The van der Waals surface area contributed by atoms with Crippen LogP contribution in [0, 0.1) is 11.3 Å². The van der Waals surface area contributed by atoms with Gasteiger partial charge < -0.3 is 10.1 Å². The van der Waals surface area contributed by atoms with Gasteiger partial charge in [0, 0.05) is 6.42 Å². The summed E-state index contributed by atoms with van der Waals surface area (Å²) in [7, 11) is 1.49. The summed E-state index contributed by atoms with van der Waals surface area (Å²) in [4.78, 5) is 0. The molecule has 1 aliphatic rings. The fourth-order valence-corrected chi connectivity index (χ4v) is 2.72. The van der Waals surface area contributed by atoms with E-state index in [1.54, 1.807) is 24.3 Å². The molecule has 120 valence electrons. The van der Waals surface area contributed by atoms with Gasteiger partial charge in [-0.15, -0.1) is 0 Å². The predicted octanol–water partition coefficient (Wildman–Crippen LogP) is 3.42. The summed E-state index contributed by atoms with van der Waals surface area (Å²) >= 11 is 0. The van der Waals surface area contributed by atoms with Crippen LogP contribution in [0.5, 0.6) is 5.75 Å². The van der Waals surface area contributed by atoms with Crippen molar-refractivity contribution >= 4 is 5.82 Å². The number of benzene rings is 1. The van der Waals surface area contributed by atoms with Gasteiger partial charge in [0.2, 0.25) is 0 Å². The Balaban J connectivity index is 2.04. The fourth-order valence-electron chi connectivity index (χ4n) is 2.72. The summed E-state index contributed by atoms with van der Waals surface area (Å²) in [6, 6.07) is 6.34. The Labute approximate surface area is 130 Å². The van der Waals surface area contributed by atoms with Crippen molar-refractivity contribution in [2.45, 2.75) is 24.7 Å². The van der Waals surface area contributed by atoms with Gasteiger partial charge in [-0.25, -0.2) is 4.68 Å². The minimum Gasteiger partial charge on any atom is -0.497 e. The minimum absolute atomic E-state index is 0.0897. The van der Waals surface area contributed by atoms with Crippen molar-refractivity contribution in [3.63, 3.8) is 0 Å². The highest BCUT2D eigenvalue weighted by molar-refractivity contribution is 5.55. The molecule has 2 aromatic rings. The van der Waals surface area contributed by atoms with Gasteiger partial charge in [0.15, 0.2) is 6.04 Å². The van der Waals surface area contributed by atoms with Crippen LogP contribution in [-0.2, 0) is 0 Å². The van der Waals surface area contributed by atoms with Crippen molar-refractivity contribution < 1.29 is 17.9 Å². The summed E-state index contributed by atoms with van der Waals surface area (Å²) < 4.78 is 46.1. The Bertz CT molecular complexity index is 763. The van der Waals surface area contributed by atoms with E-state index in [-0.39, 0.29) is 17.8 Å². The van der Waals surface area contributed by atoms with E-state index >= 15 is 0 Å². The Morgan fingerprint density at radius 3 is 2.87 bits per heavy atom. The number of fused-ring (bicyclic) bond motifs is 1. The molecule has 0 amide bonds.